The highest BCUT2D eigenvalue weighted by atomic mass is 16.1. The normalized spacial score (nSPS) is 29.8. The second kappa shape index (κ2) is 7.76. The molecule has 1 aromatic rings. The van der Waals surface area contributed by atoms with Gasteiger partial charge >= 0.3 is 0 Å². The van der Waals surface area contributed by atoms with Crippen LogP contribution in [0.3, 0.4) is 0 Å². The molecule has 0 aromatic heterocycles. The van der Waals surface area contributed by atoms with Gasteiger partial charge in [0, 0.05) is 24.7 Å². The Bertz CT molecular complexity index is 683. The van der Waals surface area contributed by atoms with Crippen LogP contribution in [0.2, 0.25) is 0 Å². The van der Waals surface area contributed by atoms with E-state index in [-0.39, 0.29) is 22.7 Å². The minimum absolute atomic E-state index is 0.0663. The first kappa shape index (κ1) is 21.3. The van der Waals surface area contributed by atoms with E-state index in [4.69, 9.17) is 0 Å². The lowest BCUT2D eigenvalue weighted by molar-refractivity contribution is -0.126. The topological polar surface area (TPSA) is 34.1 Å². The predicted octanol–water partition coefficient (Wildman–Crippen LogP) is 6.25. The average Bonchev–Trinajstić information content (AvgIpc) is 2.66. The molecule has 2 aliphatic carbocycles. The third-order valence-corrected chi connectivity index (χ3v) is 8.25. The number of Topliss-reactive ketones (excluding diaryl/α,β-unsaturated/α-hetero) is 2. The molecule has 2 saturated carbocycles. The van der Waals surface area contributed by atoms with Crippen molar-refractivity contribution >= 4 is 11.6 Å². The molecule has 0 heterocycles. The van der Waals surface area contributed by atoms with E-state index in [0.717, 1.165) is 38.5 Å². The molecule has 3 rings (SSSR count). The van der Waals surface area contributed by atoms with Gasteiger partial charge in [0.2, 0.25) is 0 Å². The van der Waals surface area contributed by atoms with Crippen molar-refractivity contribution in [2.24, 2.45) is 23.7 Å². The quantitative estimate of drug-likeness (QED) is 0.616. The number of carbonyl (C=O) groups excluding carboxylic acids is 2. The second-order valence-corrected chi connectivity index (χ2v) is 10.7. The van der Waals surface area contributed by atoms with E-state index < -0.39 is 0 Å². The zero-order chi connectivity index (χ0) is 20.7. The fourth-order valence-corrected chi connectivity index (χ4v) is 5.58. The number of benzene rings is 1. The molecule has 4 atom stereocenters. The highest BCUT2D eigenvalue weighted by Crippen LogP contribution is 2.45. The van der Waals surface area contributed by atoms with Crippen LogP contribution in [-0.4, -0.2) is 11.6 Å². The molecule has 28 heavy (non-hydrogen) atoms. The third kappa shape index (κ3) is 3.98. The van der Waals surface area contributed by atoms with Gasteiger partial charge in [-0.15, -0.1) is 0 Å². The van der Waals surface area contributed by atoms with Crippen molar-refractivity contribution in [3.05, 3.63) is 35.4 Å². The van der Waals surface area contributed by atoms with Crippen LogP contribution < -0.4 is 0 Å². The smallest absolute Gasteiger partial charge is 0.135 e. The summed E-state index contributed by atoms with van der Waals surface area (Å²) in [6, 6.07) is 9.17. The molecule has 1 aromatic carbocycles. The number of carbonyl (C=O) groups is 2. The van der Waals surface area contributed by atoms with Crippen LogP contribution in [0.5, 0.6) is 0 Å². The van der Waals surface area contributed by atoms with E-state index in [1.165, 1.54) is 11.1 Å². The summed E-state index contributed by atoms with van der Waals surface area (Å²) in [5.74, 6) is 2.35. The molecule has 0 spiro atoms. The average molecular weight is 383 g/mol. The van der Waals surface area contributed by atoms with E-state index in [1.54, 1.807) is 0 Å². The van der Waals surface area contributed by atoms with Crippen LogP contribution in [-0.2, 0) is 20.4 Å². The molecule has 0 bridgehead atoms. The molecule has 0 saturated heterocycles. The van der Waals surface area contributed by atoms with E-state index in [0.29, 0.717) is 23.4 Å². The van der Waals surface area contributed by atoms with Crippen LogP contribution in [0.25, 0.3) is 0 Å². The van der Waals surface area contributed by atoms with Gasteiger partial charge in [-0.1, -0.05) is 65.8 Å². The van der Waals surface area contributed by atoms with E-state index in [2.05, 4.69) is 65.8 Å². The SMILES string of the molecule is CC1CC(C(C)(C)c2cccc(C(C)(C)C3CCC(=O)C(C)C3)c2)CCC1=O. The van der Waals surface area contributed by atoms with Crippen molar-refractivity contribution in [1.82, 2.24) is 0 Å². The Labute approximate surface area is 171 Å². The molecule has 2 heteroatoms. The Hall–Kier alpha value is -1.44. The van der Waals surface area contributed by atoms with Crippen molar-refractivity contribution in [2.45, 2.75) is 90.9 Å². The second-order valence-electron chi connectivity index (χ2n) is 10.7. The number of hydrogen-bond donors (Lipinski definition) is 0. The Morgan fingerprint density at radius 2 is 1.14 bits per heavy atom. The fraction of sp³-hybridized carbons (Fsp3) is 0.692. The van der Waals surface area contributed by atoms with E-state index >= 15 is 0 Å². The predicted molar refractivity (Wildman–Crippen MR) is 116 cm³/mol. The van der Waals surface area contributed by atoms with Gasteiger partial charge in [0.15, 0.2) is 0 Å². The molecule has 2 aliphatic rings. The summed E-state index contributed by atoms with van der Waals surface area (Å²) in [4.78, 5) is 24.0. The Balaban J connectivity index is 1.85. The molecule has 0 N–H and O–H groups in total. The molecule has 2 fully saturated rings. The molecule has 2 nitrogen and oxygen atoms in total. The highest BCUT2D eigenvalue weighted by molar-refractivity contribution is 5.81. The summed E-state index contributed by atoms with van der Waals surface area (Å²) >= 11 is 0. The van der Waals surface area contributed by atoms with Crippen LogP contribution >= 0.6 is 0 Å². The maximum Gasteiger partial charge on any atom is 0.135 e. The van der Waals surface area contributed by atoms with Gasteiger partial charge in [-0.3, -0.25) is 9.59 Å². The van der Waals surface area contributed by atoms with Crippen LogP contribution in [0.4, 0.5) is 0 Å². The van der Waals surface area contributed by atoms with Gasteiger partial charge < -0.3 is 0 Å². The first-order valence-electron chi connectivity index (χ1n) is 11.2. The largest absolute Gasteiger partial charge is 0.299 e. The Morgan fingerprint density at radius 1 is 0.750 bits per heavy atom. The first-order chi connectivity index (χ1) is 13.0. The van der Waals surface area contributed by atoms with Gasteiger partial charge in [0.05, 0.1) is 0 Å². The van der Waals surface area contributed by atoms with Crippen molar-refractivity contribution in [3.8, 4) is 0 Å². The van der Waals surface area contributed by atoms with Crippen molar-refractivity contribution in [1.29, 1.82) is 0 Å². The third-order valence-electron chi connectivity index (χ3n) is 8.25. The molecule has 4 unspecified atom stereocenters. The lowest BCUT2D eigenvalue weighted by Gasteiger charge is -2.42. The van der Waals surface area contributed by atoms with E-state index in [9.17, 15) is 9.59 Å². The lowest BCUT2D eigenvalue weighted by Crippen LogP contribution is -2.37. The standard InChI is InChI=1S/C26H38O2/c1-17-14-21(10-12-23(17)27)25(3,4)19-8-7-9-20(16-19)26(5,6)22-11-13-24(28)18(2)15-22/h7-9,16-18,21-22H,10-15H2,1-6H3. The maximum atomic E-state index is 12.0. The minimum Gasteiger partial charge on any atom is -0.299 e. The zero-order valence-electron chi connectivity index (χ0n) is 18.7. The first-order valence-corrected chi connectivity index (χ1v) is 11.2. The molecular formula is C26H38O2. The lowest BCUT2D eigenvalue weighted by atomic mass is 9.62. The van der Waals surface area contributed by atoms with Gasteiger partial charge in [-0.25, -0.2) is 0 Å². The summed E-state index contributed by atoms with van der Waals surface area (Å²) in [7, 11) is 0. The van der Waals surface area contributed by atoms with Gasteiger partial charge in [-0.05, 0) is 59.5 Å². The molecule has 154 valence electrons. The molecule has 0 radical (unpaired) electrons. The Morgan fingerprint density at radius 3 is 1.50 bits per heavy atom. The van der Waals surface area contributed by atoms with Crippen molar-refractivity contribution in [3.63, 3.8) is 0 Å². The molecule has 0 amide bonds. The maximum absolute atomic E-state index is 12.0. The van der Waals surface area contributed by atoms with Crippen LogP contribution in [0.1, 0.15) is 91.2 Å². The van der Waals surface area contributed by atoms with Crippen molar-refractivity contribution < 1.29 is 9.59 Å². The number of rotatable bonds is 4. The van der Waals surface area contributed by atoms with E-state index in [1.807, 2.05) is 0 Å². The summed E-state index contributed by atoms with van der Waals surface area (Å²) < 4.78 is 0. The zero-order valence-corrected chi connectivity index (χ0v) is 18.7. The number of hydrogen-bond acceptors (Lipinski definition) is 2. The summed E-state index contributed by atoms with van der Waals surface area (Å²) in [5, 5.41) is 0. The summed E-state index contributed by atoms with van der Waals surface area (Å²) in [6.45, 7) is 13.6. The number of ketones is 2. The summed E-state index contributed by atoms with van der Waals surface area (Å²) in [6.07, 6.45) is 5.48. The van der Waals surface area contributed by atoms with Crippen LogP contribution in [0.15, 0.2) is 24.3 Å². The van der Waals surface area contributed by atoms with Gasteiger partial charge in [0.25, 0.3) is 0 Å². The van der Waals surface area contributed by atoms with Gasteiger partial charge in [-0.2, -0.15) is 0 Å². The monoisotopic (exact) mass is 382 g/mol. The molecular weight excluding hydrogens is 344 g/mol. The van der Waals surface area contributed by atoms with Crippen LogP contribution in [0, 0.1) is 23.7 Å². The fourth-order valence-electron chi connectivity index (χ4n) is 5.58. The summed E-state index contributed by atoms with van der Waals surface area (Å²) in [5.41, 5.74) is 2.92. The minimum atomic E-state index is 0.0663. The van der Waals surface area contributed by atoms with Crippen molar-refractivity contribution in [2.75, 3.05) is 0 Å². The van der Waals surface area contributed by atoms with Gasteiger partial charge in [0.1, 0.15) is 11.6 Å². The molecule has 0 aliphatic heterocycles. The Kier molecular flexibility index (Phi) is 5.90. The highest BCUT2D eigenvalue weighted by Gasteiger charge is 2.39.